The SMILES string of the molecule is CC(C)(C)c1ocnc1/C=c1\[nH]c(=O)/c(=C/c2ccc(Cl)o2)[nH]c1=O. The number of furan rings is 1. The summed E-state index contributed by atoms with van der Waals surface area (Å²) < 4.78 is 10.6. The number of aromatic nitrogens is 3. The van der Waals surface area contributed by atoms with Gasteiger partial charge in [-0.05, 0) is 29.8 Å². The molecule has 3 aromatic heterocycles. The highest BCUT2D eigenvalue weighted by molar-refractivity contribution is 6.28. The smallest absolute Gasteiger partial charge is 0.272 e. The number of hydrogen-bond donors (Lipinski definition) is 2. The molecule has 7 nitrogen and oxygen atoms in total. The molecule has 0 amide bonds. The summed E-state index contributed by atoms with van der Waals surface area (Å²) in [6.07, 6.45) is 4.19. The predicted molar refractivity (Wildman–Crippen MR) is 93.0 cm³/mol. The number of hydrogen-bond acceptors (Lipinski definition) is 5. The van der Waals surface area contributed by atoms with Crippen molar-refractivity contribution in [3.05, 3.63) is 72.4 Å². The number of nitrogens with zero attached hydrogens (tertiary/aromatic N) is 1. The van der Waals surface area contributed by atoms with Crippen LogP contribution in [0, 0.1) is 0 Å². The number of aromatic amines is 2. The molecule has 3 heterocycles. The maximum atomic E-state index is 12.3. The van der Waals surface area contributed by atoms with Crippen LogP contribution < -0.4 is 21.8 Å². The van der Waals surface area contributed by atoms with Crippen LogP contribution in [-0.4, -0.2) is 15.0 Å². The van der Waals surface area contributed by atoms with Crippen molar-refractivity contribution in [3.8, 4) is 0 Å². The van der Waals surface area contributed by atoms with E-state index in [2.05, 4.69) is 15.0 Å². The van der Waals surface area contributed by atoms with Crippen molar-refractivity contribution in [1.29, 1.82) is 0 Å². The molecule has 0 aliphatic heterocycles. The van der Waals surface area contributed by atoms with Gasteiger partial charge in [-0.2, -0.15) is 0 Å². The molecule has 3 rings (SSSR count). The molecule has 0 unspecified atom stereocenters. The van der Waals surface area contributed by atoms with Gasteiger partial charge in [0.05, 0.1) is 0 Å². The minimum atomic E-state index is -0.473. The Labute approximate surface area is 146 Å². The summed E-state index contributed by atoms with van der Waals surface area (Å²) in [6.45, 7) is 5.89. The predicted octanol–water partition coefficient (Wildman–Crippen LogP) is 1.25. The summed E-state index contributed by atoms with van der Waals surface area (Å²) >= 11 is 5.69. The van der Waals surface area contributed by atoms with Crippen molar-refractivity contribution < 1.29 is 8.83 Å². The zero-order chi connectivity index (χ0) is 18.2. The summed E-state index contributed by atoms with van der Waals surface area (Å²) in [5, 5.41) is 0.333. The molecular formula is C17H16ClN3O4. The Bertz CT molecular complexity index is 1140. The van der Waals surface area contributed by atoms with Crippen molar-refractivity contribution in [1.82, 2.24) is 15.0 Å². The van der Waals surface area contributed by atoms with E-state index in [0.717, 1.165) is 0 Å². The van der Waals surface area contributed by atoms with Gasteiger partial charge in [-0.3, -0.25) is 9.59 Å². The largest absolute Gasteiger partial charge is 0.447 e. The molecule has 130 valence electrons. The number of halogens is 1. The molecule has 0 atom stereocenters. The molecule has 0 bridgehead atoms. The summed E-state index contributed by atoms with van der Waals surface area (Å²) in [5.74, 6) is 0.975. The molecule has 0 aliphatic rings. The fourth-order valence-corrected chi connectivity index (χ4v) is 2.45. The summed E-state index contributed by atoms with van der Waals surface area (Å²) in [7, 11) is 0. The van der Waals surface area contributed by atoms with E-state index in [1.807, 2.05) is 20.8 Å². The maximum Gasteiger partial charge on any atom is 0.272 e. The van der Waals surface area contributed by atoms with E-state index in [1.165, 1.54) is 18.5 Å². The Balaban J connectivity index is 2.14. The molecule has 0 spiro atoms. The van der Waals surface area contributed by atoms with Crippen LogP contribution in [-0.2, 0) is 5.41 Å². The van der Waals surface area contributed by atoms with Gasteiger partial charge in [-0.25, -0.2) is 4.98 Å². The van der Waals surface area contributed by atoms with Gasteiger partial charge in [0, 0.05) is 11.5 Å². The van der Waals surface area contributed by atoms with Crippen LogP contribution in [0.15, 0.2) is 36.9 Å². The second-order valence-corrected chi connectivity index (χ2v) is 6.86. The highest BCUT2D eigenvalue weighted by Gasteiger charge is 2.21. The van der Waals surface area contributed by atoms with Gasteiger partial charge < -0.3 is 18.8 Å². The Hall–Kier alpha value is -2.80. The van der Waals surface area contributed by atoms with Crippen LogP contribution in [0.4, 0.5) is 0 Å². The number of nitrogens with one attached hydrogen (secondary N) is 2. The Morgan fingerprint density at radius 2 is 1.72 bits per heavy atom. The first-order chi connectivity index (χ1) is 11.7. The number of rotatable bonds is 2. The topological polar surface area (TPSA) is 105 Å². The third kappa shape index (κ3) is 3.66. The van der Waals surface area contributed by atoms with Crippen LogP contribution in [0.25, 0.3) is 12.2 Å². The van der Waals surface area contributed by atoms with E-state index in [9.17, 15) is 9.59 Å². The van der Waals surface area contributed by atoms with Crippen molar-refractivity contribution in [2.75, 3.05) is 0 Å². The van der Waals surface area contributed by atoms with E-state index in [0.29, 0.717) is 17.2 Å². The molecule has 3 aromatic rings. The number of H-pyrrole nitrogens is 2. The minimum absolute atomic E-state index is 0.0596. The number of oxazole rings is 1. The van der Waals surface area contributed by atoms with E-state index in [1.54, 1.807) is 12.1 Å². The normalized spacial score (nSPS) is 13.6. The standard InChI is InChI=1S/C17H16ClN3O4/c1-17(2,3)14-10(19-8-24-14)7-12-16(23)20-11(15(22)21-12)6-9-4-5-13(18)25-9/h4-8H,1-3H3,(H,20,23)(H,21,22)/b11-6-,12-7-. The van der Waals surface area contributed by atoms with Crippen molar-refractivity contribution >= 4 is 23.8 Å². The molecule has 0 radical (unpaired) electrons. The maximum absolute atomic E-state index is 12.3. The van der Waals surface area contributed by atoms with Crippen LogP contribution >= 0.6 is 11.6 Å². The molecule has 0 aromatic carbocycles. The zero-order valence-electron chi connectivity index (χ0n) is 13.8. The van der Waals surface area contributed by atoms with E-state index < -0.39 is 11.1 Å². The van der Waals surface area contributed by atoms with Gasteiger partial charge in [0.2, 0.25) is 0 Å². The van der Waals surface area contributed by atoms with Crippen LogP contribution in [0.2, 0.25) is 5.22 Å². The van der Waals surface area contributed by atoms with Gasteiger partial charge in [0.1, 0.15) is 27.9 Å². The van der Waals surface area contributed by atoms with Crippen LogP contribution in [0.1, 0.15) is 38.0 Å². The van der Waals surface area contributed by atoms with Crippen LogP contribution in [0.3, 0.4) is 0 Å². The molecule has 0 saturated carbocycles. The van der Waals surface area contributed by atoms with E-state index in [-0.39, 0.29) is 21.3 Å². The van der Waals surface area contributed by atoms with Gasteiger partial charge >= 0.3 is 0 Å². The molecule has 0 saturated heterocycles. The highest BCUT2D eigenvalue weighted by atomic mass is 35.5. The van der Waals surface area contributed by atoms with Crippen molar-refractivity contribution in [2.45, 2.75) is 26.2 Å². The second-order valence-electron chi connectivity index (χ2n) is 6.48. The average molecular weight is 362 g/mol. The van der Waals surface area contributed by atoms with Gasteiger partial charge in [-0.1, -0.05) is 20.8 Å². The summed E-state index contributed by atoms with van der Waals surface area (Å²) in [6, 6.07) is 3.13. The first-order valence-corrected chi connectivity index (χ1v) is 7.87. The third-order valence-corrected chi connectivity index (χ3v) is 3.63. The van der Waals surface area contributed by atoms with Crippen molar-refractivity contribution in [3.63, 3.8) is 0 Å². The first-order valence-electron chi connectivity index (χ1n) is 7.49. The fourth-order valence-electron chi connectivity index (χ4n) is 2.30. The monoisotopic (exact) mass is 361 g/mol. The molecule has 0 fully saturated rings. The van der Waals surface area contributed by atoms with Crippen molar-refractivity contribution in [2.24, 2.45) is 0 Å². The quantitative estimate of drug-likeness (QED) is 0.714. The van der Waals surface area contributed by atoms with E-state index >= 15 is 0 Å². The molecule has 8 heteroatoms. The lowest BCUT2D eigenvalue weighted by Crippen LogP contribution is -2.46. The lowest BCUT2D eigenvalue weighted by molar-refractivity contribution is 0.407. The van der Waals surface area contributed by atoms with Gasteiger partial charge in [0.25, 0.3) is 11.1 Å². The minimum Gasteiger partial charge on any atom is -0.447 e. The summed E-state index contributed by atoms with van der Waals surface area (Å²) in [4.78, 5) is 33.7. The zero-order valence-corrected chi connectivity index (χ0v) is 14.6. The molecule has 0 aliphatic carbocycles. The fraction of sp³-hybridized carbons (Fsp3) is 0.235. The van der Waals surface area contributed by atoms with Gasteiger partial charge in [-0.15, -0.1) is 0 Å². The summed E-state index contributed by atoms with van der Waals surface area (Å²) in [5.41, 5.74) is -0.740. The average Bonchev–Trinajstić information content (AvgIpc) is 3.13. The Kier molecular flexibility index (Phi) is 4.26. The molecule has 25 heavy (non-hydrogen) atoms. The molecule has 2 N–H and O–H groups in total. The second kappa shape index (κ2) is 6.25. The third-order valence-electron chi connectivity index (χ3n) is 3.42. The Morgan fingerprint density at radius 1 is 1.08 bits per heavy atom. The highest BCUT2D eigenvalue weighted by Crippen LogP contribution is 2.25. The van der Waals surface area contributed by atoms with E-state index in [4.69, 9.17) is 20.4 Å². The lowest BCUT2D eigenvalue weighted by atomic mass is 9.92. The van der Waals surface area contributed by atoms with Gasteiger partial charge in [0.15, 0.2) is 11.6 Å². The Morgan fingerprint density at radius 3 is 2.28 bits per heavy atom. The first kappa shape index (κ1) is 17.0. The molecular weight excluding hydrogens is 346 g/mol. The lowest BCUT2D eigenvalue weighted by Gasteiger charge is -2.14. The van der Waals surface area contributed by atoms with Crippen LogP contribution in [0.5, 0.6) is 0 Å².